The Morgan fingerprint density at radius 2 is 1.96 bits per heavy atom. The van der Waals surface area contributed by atoms with Gasteiger partial charge in [-0.3, -0.25) is 0 Å². The Bertz CT molecular complexity index is 662. The predicted octanol–water partition coefficient (Wildman–Crippen LogP) is 3.21. The molecule has 2 N–H and O–H groups in total. The molecule has 0 saturated heterocycles. The molecule has 0 unspecified atom stereocenters. The van der Waals surface area contributed by atoms with Crippen molar-refractivity contribution in [1.82, 2.24) is 25.4 Å². The third-order valence-electron chi connectivity index (χ3n) is 3.59. The molecule has 2 rings (SSSR count). The monoisotopic (exact) mass is 508 g/mol. The summed E-state index contributed by atoms with van der Waals surface area (Å²) < 4.78 is 2.06. The van der Waals surface area contributed by atoms with E-state index in [0.29, 0.717) is 6.54 Å². The lowest BCUT2D eigenvalue weighted by Gasteiger charge is -2.13. The Labute approximate surface area is 181 Å². The van der Waals surface area contributed by atoms with Crippen LogP contribution in [-0.4, -0.2) is 45.8 Å². The summed E-state index contributed by atoms with van der Waals surface area (Å²) in [6.45, 7) is 5.13. The molecule has 1 aromatic carbocycles. The van der Waals surface area contributed by atoms with Crippen molar-refractivity contribution in [3.05, 3.63) is 47.0 Å². The van der Waals surface area contributed by atoms with Gasteiger partial charge in [0, 0.05) is 36.8 Å². The second kappa shape index (κ2) is 13.2. The number of thioether (sulfide) groups is 1. The van der Waals surface area contributed by atoms with Crippen molar-refractivity contribution in [1.29, 1.82) is 0 Å². The van der Waals surface area contributed by atoms with E-state index in [4.69, 9.17) is 11.6 Å². The molecule has 0 saturated carbocycles. The smallest absolute Gasteiger partial charge is 0.191 e. The predicted molar refractivity (Wildman–Crippen MR) is 122 cm³/mol. The number of nitrogens with zero attached hydrogens (tertiary/aromatic N) is 4. The number of aryl methyl sites for hydroxylation is 1. The third-order valence-corrected chi connectivity index (χ3v) is 4.45. The lowest BCUT2D eigenvalue weighted by Crippen LogP contribution is -2.40. The van der Waals surface area contributed by atoms with Gasteiger partial charge in [-0.25, -0.2) is 4.99 Å². The number of rotatable bonds is 9. The number of nitrogens with one attached hydrogen (secondary N) is 2. The molecule has 0 fully saturated rings. The molecule has 0 amide bonds. The Morgan fingerprint density at radius 1 is 1.23 bits per heavy atom. The van der Waals surface area contributed by atoms with Crippen LogP contribution in [0, 0.1) is 0 Å². The zero-order chi connectivity index (χ0) is 17.9. The van der Waals surface area contributed by atoms with Crippen LogP contribution in [0.4, 0.5) is 0 Å². The lowest BCUT2D eigenvalue weighted by atomic mass is 10.2. The fourth-order valence-electron chi connectivity index (χ4n) is 2.24. The maximum Gasteiger partial charge on any atom is 0.191 e. The number of aromatic nitrogens is 3. The first kappa shape index (κ1) is 23.0. The van der Waals surface area contributed by atoms with Gasteiger partial charge in [0.25, 0.3) is 0 Å². The van der Waals surface area contributed by atoms with Crippen molar-refractivity contribution in [2.75, 3.05) is 25.1 Å². The molecule has 0 radical (unpaired) electrons. The van der Waals surface area contributed by atoms with Crippen molar-refractivity contribution in [2.45, 2.75) is 26.4 Å². The summed E-state index contributed by atoms with van der Waals surface area (Å²) in [7, 11) is 0. The molecule has 1 aromatic heterocycles. The third kappa shape index (κ3) is 8.13. The van der Waals surface area contributed by atoms with Gasteiger partial charge in [0.05, 0.1) is 6.54 Å². The number of aliphatic imine (C=N–C) groups is 1. The van der Waals surface area contributed by atoms with Crippen LogP contribution in [0.25, 0.3) is 0 Å². The van der Waals surface area contributed by atoms with E-state index in [9.17, 15) is 0 Å². The van der Waals surface area contributed by atoms with Crippen LogP contribution in [0.15, 0.2) is 35.6 Å². The molecule has 0 aliphatic carbocycles. The molecule has 144 valence electrons. The van der Waals surface area contributed by atoms with Crippen LogP contribution >= 0.6 is 47.3 Å². The van der Waals surface area contributed by atoms with Crippen LogP contribution in [0.2, 0.25) is 5.02 Å². The van der Waals surface area contributed by atoms with E-state index in [1.807, 2.05) is 24.3 Å². The van der Waals surface area contributed by atoms with Gasteiger partial charge in [-0.2, -0.15) is 11.8 Å². The molecule has 0 bridgehead atoms. The lowest BCUT2D eigenvalue weighted by molar-refractivity contribution is 0.633. The van der Waals surface area contributed by atoms with Crippen LogP contribution < -0.4 is 10.6 Å². The first-order chi connectivity index (χ1) is 12.2. The number of benzene rings is 1. The van der Waals surface area contributed by atoms with Crippen molar-refractivity contribution in [2.24, 2.45) is 4.99 Å². The van der Waals surface area contributed by atoms with E-state index >= 15 is 0 Å². The number of hydrogen-bond acceptors (Lipinski definition) is 4. The Morgan fingerprint density at radius 3 is 2.65 bits per heavy atom. The Balaban J connectivity index is 0.00000338. The molecule has 0 spiro atoms. The van der Waals surface area contributed by atoms with E-state index in [1.165, 1.54) is 0 Å². The standard InChI is InChI=1S/C17H25ClN6S.HI/c1-3-16-23-22-13-24(16)10-8-19-17(20-9-11-25-2)21-12-14-4-6-15(18)7-5-14;/h4-7,13H,3,8-12H2,1-2H3,(H2,19,20,21);1H. The Kier molecular flexibility index (Phi) is 11.7. The number of guanidine groups is 1. The molecule has 9 heteroatoms. The highest BCUT2D eigenvalue weighted by Crippen LogP contribution is 2.10. The van der Waals surface area contributed by atoms with E-state index in [1.54, 1.807) is 18.1 Å². The summed E-state index contributed by atoms with van der Waals surface area (Å²) in [6.07, 6.45) is 4.74. The minimum atomic E-state index is 0. The fourth-order valence-corrected chi connectivity index (χ4v) is 2.67. The van der Waals surface area contributed by atoms with Gasteiger partial charge in [0.2, 0.25) is 0 Å². The second-order valence-corrected chi connectivity index (χ2v) is 6.85. The summed E-state index contributed by atoms with van der Waals surface area (Å²) in [4.78, 5) is 4.66. The Hall–Kier alpha value is -1.000. The maximum absolute atomic E-state index is 5.93. The second-order valence-electron chi connectivity index (χ2n) is 5.43. The topological polar surface area (TPSA) is 67.1 Å². The number of hydrogen-bond donors (Lipinski definition) is 2. The quantitative estimate of drug-likeness (QED) is 0.236. The van der Waals surface area contributed by atoms with Crippen molar-refractivity contribution in [3.8, 4) is 0 Å². The van der Waals surface area contributed by atoms with Gasteiger partial charge in [0.15, 0.2) is 5.96 Å². The van der Waals surface area contributed by atoms with Gasteiger partial charge < -0.3 is 15.2 Å². The van der Waals surface area contributed by atoms with Gasteiger partial charge >= 0.3 is 0 Å². The molecule has 0 aliphatic rings. The van der Waals surface area contributed by atoms with E-state index < -0.39 is 0 Å². The number of halogens is 2. The van der Waals surface area contributed by atoms with Gasteiger partial charge in [-0.1, -0.05) is 30.7 Å². The fraction of sp³-hybridized carbons (Fsp3) is 0.471. The highest BCUT2D eigenvalue weighted by atomic mass is 127. The zero-order valence-electron chi connectivity index (χ0n) is 15.1. The first-order valence-electron chi connectivity index (χ1n) is 8.35. The largest absolute Gasteiger partial charge is 0.356 e. The van der Waals surface area contributed by atoms with E-state index in [-0.39, 0.29) is 24.0 Å². The van der Waals surface area contributed by atoms with Crippen LogP contribution in [0.3, 0.4) is 0 Å². The summed E-state index contributed by atoms with van der Waals surface area (Å²) in [6, 6.07) is 7.77. The minimum absolute atomic E-state index is 0. The SMILES string of the molecule is CCc1nncn1CCNC(=NCc1ccc(Cl)cc1)NCCSC.I. The molecular weight excluding hydrogens is 483 g/mol. The van der Waals surface area contributed by atoms with Gasteiger partial charge in [-0.15, -0.1) is 34.2 Å². The van der Waals surface area contributed by atoms with Gasteiger partial charge in [0.1, 0.15) is 12.2 Å². The highest BCUT2D eigenvalue weighted by Gasteiger charge is 2.03. The van der Waals surface area contributed by atoms with Crippen molar-refractivity contribution >= 4 is 53.3 Å². The molecule has 26 heavy (non-hydrogen) atoms. The molecule has 2 aromatic rings. The molecule has 6 nitrogen and oxygen atoms in total. The average molecular weight is 509 g/mol. The molecule has 1 heterocycles. The van der Waals surface area contributed by atoms with Crippen LogP contribution in [-0.2, 0) is 19.5 Å². The summed E-state index contributed by atoms with van der Waals surface area (Å²) >= 11 is 7.73. The summed E-state index contributed by atoms with van der Waals surface area (Å²) in [5, 5.41) is 15.5. The van der Waals surface area contributed by atoms with E-state index in [2.05, 4.69) is 43.6 Å². The minimum Gasteiger partial charge on any atom is -0.356 e. The van der Waals surface area contributed by atoms with Crippen molar-refractivity contribution in [3.63, 3.8) is 0 Å². The summed E-state index contributed by atoms with van der Waals surface area (Å²) in [5.41, 5.74) is 1.13. The molecule has 0 atom stereocenters. The van der Waals surface area contributed by atoms with Crippen LogP contribution in [0.5, 0.6) is 0 Å². The zero-order valence-corrected chi connectivity index (χ0v) is 19.0. The highest BCUT2D eigenvalue weighted by molar-refractivity contribution is 14.0. The maximum atomic E-state index is 5.93. The summed E-state index contributed by atoms with van der Waals surface area (Å²) in [5.74, 6) is 2.85. The van der Waals surface area contributed by atoms with Gasteiger partial charge in [-0.05, 0) is 24.0 Å². The first-order valence-corrected chi connectivity index (χ1v) is 10.1. The normalized spacial score (nSPS) is 11.1. The molecular formula is C17H26ClIN6S. The van der Waals surface area contributed by atoms with E-state index in [0.717, 1.165) is 54.2 Å². The molecule has 0 aliphatic heterocycles. The van der Waals surface area contributed by atoms with Crippen LogP contribution in [0.1, 0.15) is 18.3 Å². The van der Waals surface area contributed by atoms with Crippen molar-refractivity contribution < 1.29 is 0 Å². The average Bonchev–Trinajstić information content (AvgIpc) is 3.08.